The molecule has 0 amide bonds. The van der Waals surface area contributed by atoms with Crippen LogP contribution < -0.4 is 9.47 Å². The van der Waals surface area contributed by atoms with Crippen LogP contribution in [-0.4, -0.2) is 18.8 Å². The summed E-state index contributed by atoms with van der Waals surface area (Å²) < 4.78 is 10.6. The van der Waals surface area contributed by atoms with Crippen LogP contribution in [0.15, 0.2) is 42.5 Å². The molecular formula is C17H18O3. The maximum atomic E-state index is 10.4. The van der Waals surface area contributed by atoms with Crippen LogP contribution in [0.5, 0.6) is 11.5 Å². The average molecular weight is 270 g/mol. The Morgan fingerprint density at radius 2 is 2.00 bits per heavy atom. The molecule has 20 heavy (non-hydrogen) atoms. The van der Waals surface area contributed by atoms with Crippen LogP contribution in [0.2, 0.25) is 0 Å². The van der Waals surface area contributed by atoms with Crippen LogP contribution in [0.3, 0.4) is 0 Å². The molecule has 0 aliphatic carbocycles. The van der Waals surface area contributed by atoms with Crippen molar-refractivity contribution in [3.63, 3.8) is 0 Å². The van der Waals surface area contributed by atoms with Crippen molar-refractivity contribution >= 4 is 0 Å². The lowest BCUT2D eigenvalue weighted by Crippen LogP contribution is -2.02. The van der Waals surface area contributed by atoms with Gasteiger partial charge in [-0.05, 0) is 41.0 Å². The van der Waals surface area contributed by atoms with E-state index in [9.17, 15) is 5.11 Å². The molecule has 1 aliphatic heterocycles. The molecule has 1 heterocycles. The molecule has 2 aromatic carbocycles. The van der Waals surface area contributed by atoms with E-state index >= 15 is 0 Å². The lowest BCUT2D eigenvalue weighted by Gasteiger charge is -2.12. The third-order valence-corrected chi connectivity index (χ3v) is 3.69. The first-order valence-electron chi connectivity index (χ1n) is 6.83. The molecule has 0 fully saturated rings. The number of methoxy groups -OCH3 is 1. The number of fused-ring (bicyclic) bond motifs is 1. The Balaban J connectivity index is 1.73. The molecule has 3 rings (SSSR count). The third kappa shape index (κ3) is 2.63. The molecular weight excluding hydrogens is 252 g/mol. The van der Waals surface area contributed by atoms with Crippen molar-refractivity contribution in [2.75, 3.05) is 13.7 Å². The van der Waals surface area contributed by atoms with Crippen molar-refractivity contribution in [3.8, 4) is 11.5 Å². The maximum Gasteiger partial charge on any atom is 0.122 e. The molecule has 1 N–H and O–H groups in total. The number of aliphatic hydroxyl groups is 1. The minimum absolute atomic E-state index is 0.491. The molecule has 0 bridgehead atoms. The Kier molecular flexibility index (Phi) is 3.61. The number of ether oxygens (including phenoxy) is 2. The third-order valence-electron chi connectivity index (χ3n) is 3.69. The van der Waals surface area contributed by atoms with Gasteiger partial charge in [0, 0.05) is 12.8 Å². The SMILES string of the molecule is COc1ccc(CC(O)c2ccc3c(c2)CCO3)cc1. The van der Waals surface area contributed by atoms with Crippen LogP contribution in [-0.2, 0) is 12.8 Å². The summed E-state index contributed by atoms with van der Waals surface area (Å²) in [4.78, 5) is 0. The second-order valence-corrected chi connectivity index (χ2v) is 5.03. The van der Waals surface area contributed by atoms with Gasteiger partial charge in [-0.15, -0.1) is 0 Å². The predicted molar refractivity (Wildman–Crippen MR) is 77.3 cm³/mol. The van der Waals surface area contributed by atoms with E-state index in [1.165, 1.54) is 5.56 Å². The van der Waals surface area contributed by atoms with Gasteiger partial charge in [0.25, 0.3) is 0 Å². The fourth-order valence-corrected chi connectivity index (χ4v) is 2.52. The van der Waals surface area contributed by atoms with Gasteiger partial charge in [-0.1, -0.05) is 18.2 Å². The second-order valence-electron chi connectivity index (χ2n) is 5.03. The zero-order valence-corrected chi connectivity index (χ0v) is 11.5. The highest BCUT2D eigenvalue weighted by atomic mass is 16.5. The van der Waals surface area contributed by atoms with E-state index in [-0.39, 0.29) is 0 Å². The van der Waals surface area contributed by atoms with Crippen LogP contribution in [0, 0.1) is 0 Å². The number of rotatable bonds is 4. The minimum atomic E-state index is -0.491. The smallest absolute Gasteiger partial charge is 0.122 e. The van der Waals surface area contributed by atoms with E-state index in [2.05, 4.69) is 6.07 Å². The molecule has 0 saturated carbocycles. The Bertz CT molecular complexity index is 590. The van der Waals surface area contributed by atoms with E-state index in [0.29, 0.717) is 6.42 Å². The largest absolute Gasteiger partial charge is 0.497 e. The number of hydrogen-bond acceptors (Lipinski definition) is 3. The van der Waals surface area contributed by atoms with Crippen molar-refractivity contribution in [3.05, 3.63) is 59.2 Å². The summed E-state index contributed by atoms with van der Waals surface area (Å²) in [6.07, 6.45) is 1.04. The molecule has 1 aliphatic rings. The highest BCUT2D eigenvalue weighted by Crippen LogP contribution is 2.29. The molecule has 0 aromatic heterocycles. The standard InChI is InChI=1S/C17H18O3/c1-19-15-5-2-12(3-6-15)10-16(18)13-4-7-17-14(11-13)8-9-20-17/h2-7,11,16,18H,8-10H2,1H3. The Labute approximate surface area is 118 Å². The molecule has 3 nitrogen and oxygen atoms in total. The number of aliphatic hydroxyl groups excluding tert-OH is 1. The summed E-state index contributed by atoms with van der Waals surface area (Å²) in [5.41, 5.74) is 3.23. The van der Waals surface area contributed by atoms with Gasteiger partial charge in [0.15, 0.2) is 0 Å². The van der Waals surface area contributed by atoms with E-state index < -0.39 is 6.10 Å². The van der Waals surface area contributed by atoms with E-state index in [4.69, 9.17) is 9.47 Å². The first-order valence-corrected chi connectivity index (χ1v) is 6.83. The molecule has 2 aromatic rings. The normalized spacial score (nSPS) is 14.5. The van der Waals surface area contributed by atoms with Gasteiger partial charge in [0.2, 0.25) is 0 Å². The highest BCUT2D eigenvalue weighted by molar-refractivity contribution is 5.41. The summed E-state index contributed by atoms with van der Waals surface area (Å²) in [7, 11) is 1.65. The fourth-order valence-electron chi connectivity index (χ4n) is 2.52. The van der Waals surface area contributed by atoms with Crippen LogP contribution in [0.25, 0.3) is 0 Å². The van der Waals surface area contributed by atoms with Gasteiger partial charge in [-0.3, -0.25) is 0 Å². The molecule has 1 atom stereocenters. The van der Waals surface area contributed by atoms with Crippen LogP contribution in [0.1, 0.15) is 22.8 Å². The molecule has 3 heteroatoms. The van der Waals surface area contributed by atoms with Gasteiger partial charge < -0.3 is 14.6 Å². The Hall–Kier alpha value is -2.00. The van der Waals surface area contributed by atoms with Gasteiger partial charge in [-0.25, -0.2) is 0 Å². The highest BCUT2D eigenvalue weighted by Gasteiger charge is 2.15. The van der Waals surface area contributed by atoms with E-state index in [1.807, 2.05) is 36.4 Å². The van der Waals surface area contributed by atoms with E-state index in [1.54, 1.807) is 7.11 Å². The van der Waals surface area contributed by atoms with Crippen LogP contribution in [0.4, 0.5) is 0 Å². The summed E-state index contributed by atoms with van der Waals surface area (Å²) in [6.45, 7) is 0.743. The predicted octanol–water partition coefficient (Wildman–Crippen LogP) is 2.91. The number of benzene rings is 2. The van der Waals surface area contributed by atoms with Crippen molar-refractivity contribution in [2.24, 2.45) is 0 Å². The second kappa shape index (κ2) is 5.55. The first-order chi connectivity index (χ1) is 9.76. The zero-order chi connectivity index (χ0) is 13.9. The van der Waals surface area contributed by atoms with Gasteiger partial charge >= 0.3 is 0 Å². The molecule has 104 valence electrons. The topological polar surface area (TPSA) is 38.7 Å². The monoisotopic (exact) mass is 270 g/mol. The number of hydrogen-bond donors (Lipinski definition) is 1. The fraction of sp³-hybridized carbons (Fsp3) is 0.294. The summed E-state index contributed by atoms with van der Waals surface area (Å²) >= 11 is 0. The first kappa shape index (κ1) is 13.0. The molecule has 0 radical (unpaired) electrons. The van der Waals surface area contributed by atoms with Crippen molar-refractivity contribution < 1.29 is 14.6 Å². The summed E-state index contributed by atoms with van der Waals surface area (Å²) in [6, 6.07) is 13.7. The summed E-state index contributed by atoms with van der Waals surface area (Å²) in [5.74, 6) is 1.78. The maximum absolute atomic E-state index is 10.4. The lowest BCUT2D eigenvalue weighted by atomic mass is 9.99. The van der Waals surface area contributed by atoms with Crippen molar-refractivity contribution in [1.82, 2.24) is 0 Å². The molecule has 0 saturated heterocycles. The Morgan fingerprint density at radius 3 is 2.75 bits per heavy atom. The quantitative estimate of drug-likeness (QED) is 0.928. The van der Waals surface area contributed by atoms with Gasteiger partial charge in [0.1, 0.15) is 11.5 Å². The molecule has 1 unspecified atom stereocenters. The van der Waals surface area contributed by atoms with Crippen molar-refractivity contribution in [2.45, 2.75) is 18.9 Å². The lowest BCUT2D eigenvalue weighted by molar-refractivity contribution is 0.178. The van der Waals surface area contributed by atoms with Gasteiger partial charge in [0.05, 0.1) is 19.8 Å². The van der Waals surface area contributed by atoms with E-state index in [0.717, 1.165) is 35.7 Å². The zero-order valence-electron chi connectivity index (χ0n) is 11.5. The van der Waals surface area contributed by atoms with Crippen LogP contribution >= 0.6 is 0 Å². The van der Waals surface area contributed by atoms with Crippen molar-refractivity contribution in [1.29, 1.82) is 0 Å². The minimum Gasteiger partial charge on any atom is -0.497 e. The Morgan fingerprint density at radius 1 is 1.20 bits per heavy atom. The molecule has 0 spiro atoms. The van der Waals surface area contributed by atoms with Gasteiger partial charge in [-0.2, -0.15) is 0 Å². The average Bonchev–Trinajstić information content (AvgIpc) is 2.95. The summed E-state index contributed by atoms with van der Waals surface area (Å²) in [5, 5.41) is 10.4.